The summed E-state index contributed by atoms with van der Waals surface area (Å²) in [6.45, 7) is 11.3. The summed E-state index contributed by atoms with van der Waals surface area (Å²) in [5, 5.41) is 10.7. The normalized spacial score (nSPS) is 29.8. The van der Waals surface area contributed by atoms with Crippen LogP contribution in [-0.2, 0) is 9.59 Å². The van der Waals surface area contributed by atoms with Crippen molar-refractivity contribution in [2.75, 3.05) is 45.8 Å². The molecule has 1 saturated carbocycles. The zero-order valence-electron chi connectivity index (χ0n) is 19.7. The van der Waals surface area contributed by atoms with Gasteiger partial charge in [0.1, 0.15) is 0 Å². The van der Waals surface area contributed by atoms with E-state index < -0.39 is 11.5 Å². The van der Waals surface area contributed by atoms with Gasteiger partial charge in [-0.3, -0.25) is 24.3 Å². The van der Waals surface area contributed by atoms with Crippen LogP contribution < -0.4 is 0 Å². The molecule has 0 aromatic heterocycles. The second-order valence-corrected chi connectivity index (χ2v) is 10.5. The zero-order chi connectivity index (χ0) is 22.9. The van der Waals surface area contributed by atoms with Crippen LogP contribution >= 0.6 is 0 Å². The predicted molar refractivity (Wildman–Crippen MR) is 126 cm³/mol. The third-order valence-electron chi connectivity index (χ3n) is 8.31. The minimum atomic E-state index is -0.711. The van der Waals surface area contributed by atoms with Crippen LogP contribution in [0.15, 0.2) is 36.4 Å². The summed E-state index contributed by atoms with van der Waals surface area (Å²) in [6, 6.07) is 10.3. The number of carbonyl (C=O) groups is 2. The molecule has 1 aromatic rings. The van der Waals surface area contributed by atoms with Crippen molar-refractivity contribution in [3.05, 3.63) is 42.0 Å². The number of hydrogen-bond acceptors (Lipinski definition) is 5. The van der Waals surface area contributed by atoms with Crippen LogP contribution in [0.3, 0.4) is 0 Å². The molecule has 1 aromatic carbocycles. The van der Waals surface area contributed by atoms with Crippen LogP contribution in [0.1, 0.15) is 39.2 Å². The van der Waals surface area contributed by atoms with Gasteiger partial charge in [-0.1, -0.05) is 63.3 Å². The van der Waals surface area contributed by atoms with E-state index in [1.54, 1.807) is 0 Å². The number of rotatable bonds is 7. The monoisotopic (exact) mass is 439 g/mol. The number of imide groups is 1. The first-order chi connectivity index (χ1) is 15.2. The van der Waals surface area contributed by atoms with Gasteiger partial charge in [0.25, 0.3) is 0 Å². The number of likely N-dealkylation sites (tertiary alicyclic amines) is 1. The van der Waals surface area contributed by atoms with Gasteiger partial charge in [-0.2, -0.15) is 0 Å². The molecule has 2 saturated heterocycles. The second kappa shape index (κ2) is 9.08. The molecular formula is C26H37N3O3. The largest absolute Gasteiger partial charge is 0.390 e. The number of piperazine rings is 1. The molecule has 3 atom stereocenters. The summed E-state index contributed by atoms with van der Waals surface area (Å²) < 4.78 is 0. The number of piperidine rings is 1. The first-order valence-electron chi connectivity index (χ1n) is 11.9. The van der Waals surface area contributed by atoms with Gasteiger partial charge in [-0.25, -0.2) is 0 Å². The van der Waals surface area contributed by atoms with Gasteiger partial charge in [-0.05, 0) is 23.8 Å². The predicted octanol–water partition coefficient (Wildman–Crippen LogP) is 2.49. The molecule has 0 radical (unpaired) electrons. The molecule has 3 aliphatic rings. The van der Waals surface area contributed by atoms with E-state index >= 15 is 0 Å². The maximum atomic E-state index is 13.2. The number of hydrogen-bond donors (Lipinski definition) is 1. The summed E-state index contributed by atoms with van der Waals surface area (Å²) in [5.41, 5.74) is 0.389. The Kier molecular flexibility index (Phi) is 6.57. The van der Waals surface area contributed by atoms with E-state index in [1.165, 1.54) is 10.5 Å². The van der Waals surface area contributed by atoms with Crippen molar-refractivity contribution in [2.24, 2.45) is 16.7 Å². The highest BCUT2D eigenvalue weighted by Gasteiger charge is 2.64. The van der Waals surface area contributed by atoms with Crippen molar-refractivity contribution < 1.29 is 14.7 Å². The highest BCUT2D eigenvalue weighted by atomic mass is 16.3. The zero-order valence-corrected chi connectivity index (χ0v) is 19.7. The molecule has 2 heterocycles. The van der Waals surface area contributed by atoms with E-state index in [4.69, 9.17) is 0 Å². The van der Waals surface area contributed by atoms with Crippen molar-refractivity contribution in [1.29, 1.82) is 0 Å². The van der Waals surface area contributed by atoms with Gasteiger partial charge in [0.2, 0.25) is 11.8 Å². The molecule has 2 amide bonds. The topological polar surface area (TPSA) is 64.1 Å². The van der Waals surface area contributed by atoms with Crippen molar-refractivity contribution >= 4 is 17.9 Å². The third kappa shape index (κ3) is 4.28. The van der Waals surface area contributed by atoms with Crippen LogP contribution in [0.4, 0.5) is 0 Å². The first kappa shape index (κ1) is 23.1. The molecule has 2 aliphatic heterocycles. The van der Waals surface area contributed by atoms with E-state index in [-0.39, 0.29) is 29.7 Å². The summed E-state index contributed by atoms with van der Waals surface area (Å²) in [4.78, 5) is 32.2. The van der Waals surface area contributed by atoms with Crippen LogP contribution in [0.5, 0.6) is 0 Å². The van der Waals surface area contributed by atoms with Crippen LogP contribution in [-0.4, -0.2) is 83.5 Å². The van der Waals surface area contributed by atoms with Crippen molar-refractivity contribution in [3.63, 3.8) is 0 Å². The minimum absolute atomic E-state index is 0.0935. The summed E-state index contributed by atoms with van der Waals surface area (Å²) in [6.07, 6.45) is 5.15. The van der Waals surface area contributed by atoms with Gasteiger partial charge < -0.3 is 5.11 Å². The Hall–Kier alpha value is -2.02. The fourth-order valence-corrected chi connectivity index (χ4v) is 5.70. The Morgan fingerprint density at radius 3 is 2.38 bits per heavy atom. The van der Waals surface area contributed by atoms with E-state index in [1.807, 2.05) is 39.0 Å². The molecule has 32 heavy (non-hydrogen) atoms. The van der Waals surface area contributed by atoms with Crippen molar-refractivity contribution in [3.8, 4) is 0 Å². The highest BCUT2D eigenvalue weighted by Crippen LogP contribution is 2.60. The quantitative estimate of drug-likeness (QED) is 0.662. The van der Waals surface area contributed by atoms with Crippen molar-refractivity contribution in [2.45, 2.75) is 39.7 Å². The lowest BCUT2D eigenvalue weighted by molar-refractivity contribution is -0.169. The summed E-state index contributed by atoms with van der Waals surface area (Å²) in [5.74, 6) is -0.316. The molecule has 1 N–H and O–H groups in total. The lowest BCUT2D eigenvalue weighted by atomic mass is 9.62. The number of benzene rings is 1. The van der Waals surface area contributed by atoms with Crippen LogP contribution in [0, 0.1) is 16.7 Å². The molecule has 6 heteroatoms. The number of fused-ring (bicyclic) bond motifs is 2. The Balaban J connectivity index is 1.24. The fourth-order valence-electron chi connectivity index (χ4n) is 5.70. The van der Waals surface area contributed by atoms with Gasteiger partial charge in [-0.15, -0.1) is 0 Å². The SMILES string of the molecule is CC1(C)[C@@H]2CC[C@]1(C)C(=O)N(C[C@H](O)CN1CCN(C/C=C/c3ccccc3)CC1)C2=O. The number of aliphatic hydroxyl groups excluding tert-OH is 1. The number of β-amino-alcohol motifs (C(OH)–C–C–N with tert-alkyl or cyclic N) is 1. The molecule has 1 aliphatic carbocycles. The molecular weight excluding hydrogens is 402 g/mol. The van der Waals surface area contributed by atoms with Gasteiger partial charge in [0, 0.05) is 45.2 Å². The lowest BCUT2D eigenvalue weighted by Crippen LogP contribution is -2.61. The Labute approximate surface area is 191 Å². The van der Waals surface area contributed by atoms with E-state index in [9.17, 15) is 14.7 Å². The van der Waals surface area contributed by atoms with Gasteiger partial charge >= 0.3 is 0 Å². The van der Waals surface area contributed by atoms with Crippen LogP contribution in [0.2, 0.25) is 0 Å². The Morgan fingerprint density at radius 2 is 1.69 bits per heavy atom. The molecule has 2 bridgehead atoms. The van der Waals surface area contributed by atoms with E-state index in [0.717, 1.165) is 45.6 Å². The standard InChI is InChI=1S/C26H37N3O3/c1-25(2)22-11-12-26(25,3)24(32)29(23(22)31)19-21(30)18-28-16-14-27(15-17-28)13-7-10-20-8-5-4-6-9-20/h4-10,21-22,30H,11-19H2,1-3H3/b10-7+/t21-,22-,26-/m1/s1. The Morgan fingerprint density at radius 1 is 1.03 bits per heavy atom. The molecule has 174 valence electrons. The molecule has 0 unspecified atom stereocenters. The summed E-state index contributed by atoms with van der Waals surface area (Å²) >= 11 is 0. The number of aliphatic hydroxyl groups is 1. The lowest BCUT2D eigenvalue weighted by Gasteiger charge is -2.48. The maximum absolute atomic E-state index is 13.2. The smallest absolute Gasteiger partial charge is 0.235 e. The van der Waals surface area contributed by atoms with Crippen LogP contribution in [0.25, 0.3) is 6.08 Å². The highest BCUT2D eigenvalue weighted by molar-refractivity contribution is 6.03. The third-order valence-corrected chi connectivity index (χ3v) is 8.31. The Bertz CT molecular complexity index is 860. The van der Waals surface area contributed by atoms with Gasteiger partial charge in [0.05, 0.1) is 18.1 Å². The summed E-state index contributed by atoms with van der Waals surface area (Å²) in [7, 11) is 0. The average molecular weight is 440 g/mol. The number of nitrogens with zero attached hydrogens (tertiary/aromatic N) is 3. The fraction of sp³-hybridized carbons (Fsp3) is 0.615. The first-order valence-corrected chi connectivity index (χ1v) is 11.9. The van der Waals surface area contributed by atoms with E-state index in [2.05, 4.69) is 34.1 Å². The maximum Gasteiger partial charge on any atom is 0.235 e. The van der Waals surface area contributed by atoms with E-state index in [0.29, 0.717) is 6.54 Å². The number of amides is 2. The molecule has 4 rings (SSSR count). The molecule has 0 spiro atoms. The minimum Gasteiger partial charge on any atom is -0.390 e. The van der Waals surface area contributed by atoms with Crippen molar-refractivity contribution in [1.82, 2.24) is 14.7 Å². The number of carbonyl (C=O) groups excluding carboxylic acids is 2. The molecule has 6 nitrogen and oxygen atoms in total. The second-order valence-electron chi connectivity index (χ2n) is 10.5. The van der Waals surface area contributed by atoms with Gasteiger partial charge in [0.15, 0.2) is 0 Å². The average Bonchev–Trinajstić information content (AvgIpc) is 2.97. The molecule has 3 fully saturated rings.